The number of fused-ring (bicyclic) bond motifs is 1. The molecule has 1 aliphatic heterocycles. The molecule has 134 valence electrons. The summed E-state index contributed by atoms with van der Waals surface area (Å²) in [6.07, 6.45) is -0.179. The van der Waals surface area contributed by atoms with Crippen LogP contribution in [0.5, 0.6) is 0 Å². The van der Waals surface area contributed by atoms with E-state index in [0.717, 1.165) is 21.9 Å². The van der Waals surface area contributed by atoms with Crippen LogP contribution in [0.1, 0.15) is 44.2 Å². The zero-order valence-electron chi connectivity index (χ0n) is 15.0. The number of carbonyl (C=O) groups is 1. The number of ether oxygens (including phenoxy) is 1. The summed E-state index contributed by atoms with van der Waals surface area (Å²) < 4.78 is 7.31. The molecule has 0 bridgehead atoms. The fourth-order valence-electron chi connectivity index (χ4n) is 2.77. The molecule has 1 unspecified atom stereocenters. The average molecular weight is 379 g/mol. The van der Waals surface area contributed by atoms with Gasteiger partial charge in [0.1, 0.15) is 6.04 Å². The normalized spacial score (nSPS) is 16.8. The highest BCUT2D eigenvalue weighted by atomic mass is 32.2. The number of hydrogen-bond acceptors (Lipinski definition) is 7. The summed E-state index contributed by atoms with van der Waals surface area (Å²) >= 11 is 3.20. The van der Waals surface area contributed by atoms with E-state index in [0.29, 0.717) is 16.7 Å². The lowest BCUT2D eigenvalue weighted by Crippen LogP contribution is -2.30. The second kappa shape index (κ2) is 7.21. The van der Waals surface area contributed by atoms with Gasteiger partial charge >= 0.3 is 5.97 Å². The van der Waals surface area contributed by atoms with Gasteiger partial charge in [0.15, 0.2) is 0 Å². The monoisotopic (exact) mass is 378 g/mol. The van der Waals surface area contributed by atoms with Crippen LogP contribution < -0.4 is 5.32 Å². The van der Waals surface area contributed by atoms with Crippen molar-refractivity contribution in [1.29, 1.82) is 0 Å². The van der Waals surface area contributed by atoms with Crippen LogP contribution in [0.3, 0.4) is 0 Å². The van der Waals surface area contributed by atoms with Gasteiger partial charge in [-0.1, -0.05) is 18.7 Å². The van der Waals surface area contributed by atoms with Gasteiger partial charge in [-0.2, -0.15) is 4.98 Å². The number of nitrogens with one attached hydrogen (secondary N) is 1. The lowest BCUT2D eigenvalue weighted by molar-refractivity contribution is -0.143. The van der Waals surface area contributed by atoms with Crippen molar-refractivity contribution >= 4 is 35.0 Å². The maximum absolute atomic E-state index is 12.8. The molecule has 0 fully saturated rings. The first kappa shape index (κ1) is 18.0. The van der Waals surface area contributed by atoms with Gasteiger partial charge < -0.3 is 10.1 Å². The molecule has 1 aliphatic rings. The van der Waals surface area contributed by atoms with Crippen molar-refractivity contribution in [2.45, 2.75) is 51.9 Å². The Kier molecular flexibility index (Phi) is 5.19. The molecule has 0 amide bonds. The standard InChI is InChI=1S/C17H22N4O2S2/c1-6-24-17-19-16-18-11(5)12(15(22)23-9(2)3)13(21(16)20-17)14-10(4)7-8-25-14/h7-9,13H,6H2,1-5H3,(H,18,19,20). The Hall–Kier alpha value is -1.80. The third-order valence-corrected chi connectivity index (χ3v) is 5.61. The fourth-order valence-corrected chi connectivity index (χ4v) is 4.34. The van der Waals surface area contributed by atoms with E-state index >= 15 is 0 Å². The molecule has 0 saturated carbocycles. The highest BCUT2D eigenvalue weighted by Gasteiger charge is 2.36. The number of aromatic nitrogens is 3. The fraction of sp³-hybridized carbons (Fsp3) is 0.471. The molecule has 8 heteroatoms. The maximum Gasteiger partial charge on any atom is 0.338 e. The number of rotatable bonds is 5. The Morgan fingerprint density at radius 2 is 2.24 bits per heavy atom. The summed E-state index contributed by atoms with van der Waals surface area (Å²) in [5.74, 6) is 1.23. The number of anilines is 1. The molecule has 25 heavy (non-hydrogen) atoms. The summed E-state index contributed by atoms with van der Waals surface area (Å²) in [4.78, 5) is 18.4. The molecule has 0 radical (unpaired) electrons. The smallest absolute Gasteiger partial charge is 0.338 e. The van der Waals surface area contributed by atoms with E-state index in [1.807, 2.05) is 33.1 Å². The van der Waals surface area contributed by atoms with E-state index in [2.05, 4.69) is 28.4 Å². The third kappa shape index (κ3) is 3.46. The van der Waals surface area contributed by atoms with E-state index < -0.39 is 0 Å². The number of aryl methyl sites for hydroxylation is 1. The summed E-state index contributed by atoms with van der Waals surface area (Å²) in [5, 5.41) is 10.6. The Morgan fingerprint density at radius 3 is 2.84 bits per heavy atom. The first-order chi connectivity index (χ1) is 11.9. The Labute approximate surface area is 155 Å². The molecule has 0 aromatic carbocycles. The number of thioether (sulfide) groups is 1. The van der Waals surface area contributed by atoms with Gasteiger partial charge in [0.2, 0.25) is 11.1 Å². The number of hydrogen-bond donors (Lipinski definition) is 1. The predicted molar refractivity (Wildman–Crippen MR) is 101 cm³/mol. The van der Waals surface area contributed by atoms with Crippen molar-refractivity contribution in [1.82, 2.24) is 14.8 Å². The maximum atomic E-state index is 12.8. The second-order valence-corrected chi connectivity index (χ2v) is 8.26. The summed E-state index contributed by atoms with van der Waals surface area (Å²) in [6.45, 7) is 9.71. The minimum atomic E-state index is -0.318. The molecule has 0 spiro atoms. The molecule has 2 aromatic rings. The molecule has 3 rings (SSSR count). The van der Waals surface area contributed by atoms with E-state index in [1.165, 1.54) is 0 Å². The van der Waals surface area contributed by atoms with Crippen molar-refractivity contribution < 1.29 is 9.53 Å². The van der Waals surface area contributed by atoms with Crippen molar-refractivity contribution in [3.63, 3.8) is 0 Å². The Bertz CT molecular complexity index is 822. The molecular weight excluding hydrogens is 356 g/mol. The third-order valence-electron chi connectivity index (χ3n) is 3.82. The number of esters is 1. The zero-order chi connectivity index (χ0) is 18.1. The molecule has 6 nitrogen and oxygen atoms in total. The minimum Gasteiger partial charge on any atom is -0.459 e. The highest BCUT2D eigenvalue weighted by molar-refractivity contribution is 7.99. The summed E-state index contributed by atoms with van der Waals surface area (Å²) in [5.41, 5.74) is 2.48. The molecule has 2 aromatic heterocycles. The van der Waals surface area contributed by atoms with Crippen molar-refractivity contribution in [3.05, 3.63) is 33.2 Å². The molecular formula is C17H22N4O2S2. The van der Waals surface area contributed by atoms with Crippen LogP contribution in [0.4, 0.5) is 5.95 Å². The van der Waals surface area contributed by atoms with Crippen LogP contribution in [0, 0.1) is 6.92 Å². The second-order valence-electron chi connectivity index (χ2n) is 6.08. The van der Waals surface area contributed by atoms with Gasteiger partial charge in [0.25, 0.3) is 0 Å². The zero-order valence-corrected chi connectivity index (χ0v) is 16.6. The molecule has 1 atom stereocenters. The SMILES string of the molecule is CCSc1nc2n(n1)C(c1sccc1C)C(C(=O)OC(C)C)=C(C)N2. The Balaban J connectivity index is 2.12. The predicted octanol–water partition coefficient (Wildman–Crippen LogP) is 4.00. The van der Waals surface area contributed by atoms with Crippen molar-refractivity contribution in [2.24, 2.45) is 0 Å². The molecule has 3 heterocycles. The minimum absolute atomic E-state index is 0.179. The first-order valence-corrected chi connectivity index (χ1v) is 10.1. The number of thiophene rings is 1. The van der Waals surface area contributed by atoms with E-state index in [-0.39, 0.29) is 18.1 Å². The lowest BCUT2D eigenvalue weighted by Gasteiger charge is -2.28. The average Bonchev–Trinajstić information content (AvgIpc) is 3.11. The molecule has 0 saturated heterocycles. The summed E-state index contributed by atoms with van der Waals surface area (Å²) in [6, 6.07) is 1.74. The van der Waals surface area contributed by atoms with Crippen LogP contribution in [0.2, 0.25) is 0 Å². The quantitative estimate of drug-likeness (QED) is 0.626. The van der Waals surface area contributed by atoms with Crippen LogP contribution in [-0.4, -0.2) is 32.6 Å². The first-order valence-electron chi connectivity index (χ1n) is 8.24. The largest absolute Gasteiger partial charge is 0.459 e. The van der Waals surface area contributed by atoms with Crippen molar-refractivity contribution in [3.8, 4) is 0 Å². The van der Waals surface area contributed by atoms with Crippen LogP contribution >= 0.6 is 23.1 Å². The van der Waals surface area contributed by atoms with Gasteiger partial charge in [-0.25, -0.2) is 9.48 Å². The van der Waals surface area contributed by atoms with Gasteiger partial charge in [0.05, 0.1) is 11.7 Å². The van der Waals surface area contributed by atoms with Crippen LogP contribution in [0.25, 0.3) is 0 Å². The van der Waals surface area contributed by atoms with E-state index in [9.17, 15) is 4.79 Å². The molecule has 1 N–H and O–H groups in total. The van der Waals surface area contributed by atoms with Gasteiger partial charge in [-0.15, -0.1) is 16.4 Å². The van der Waals surface area contributed by atoms with E-state index in [4.69, 9.17) is 4.74 Å². The summed E-state index contributed by atoms with van der Waals surface area (Å²) in [7, 11) is 0. The van der Waals surface area contributed by atoms with Crippen LogP contribution in [0.15, 0.2) is 27.9 Å². The van der Waals surface area contributed by atoms with Gasteiger partial charge in [-0.05, 0) is 50.5 Å². The van der Waals surface area contributed by atoms with Gasteiger partial charge in [0, 0.05) is 10.6 Å². The highest BCUT2D eigenvalue weighted by Crippen LogP contribution is 2.40. The Morgan fingerprint density at radius 1 is 1.48 bits per heavy atom. The van der Waals surface area contributed by atoms with E-state index in [1.54, 1.807) is 27.8 Å². The van der Waals surface area contributed by atoms with Crippen LogP contribution in [-0.2, 0) is 9.53 Å². The molecule has 0 aliphatic carbocycles. The topological polar surface area (TPSA) is 69.0 Å². The number of nitrogens with zero attached hydrogens (tertiary/aromatic N) is 3. The van der Waals surface area contributed by atoms with Gasteiger partial charge in [-0.3, -0.25) is 0 Å². The number of carbonyl (C=O) groups excluding carboxylic acids is 1. The number of allylic oxidation sites excluding steroid dienone is 1. The lowest BCUT2D eigenvalue weighted by atomic mass is 10.00. The van der Waals surface area contributed by atoms with Crippen molar-refractivity contribution in [2.75, 3.05) is 11.1 Å².